The minimum absolute atomic E-state index is 0.137. The molecule has 6 amide bonds. The zero-order valence-electron chi connectivity index (χ0n) is 46.5. The number of nitrogens with zero attached hydrogens (tertiary/aromatic N) is 7. The number of pyridine rings is 1. The smallest absolute Gasteiger partial charge is 0.312 e. The summed E-state index contributed by atoms with van der Waals surface area (Å²) in [5.41, 5.74) is 3.61. The first-order chi connectivity index (χ1) is 39.1. The molecule has 7 heterocycles. The minimum Gasteiger partial charge on any atom is -0.494 e. The lowest BCUT2D eigenvalue weighted by Crippen LogP contribution is -2.62. The van der Waals surface area contributed by atoms with Crippen LogP contribution in [0.2, 0.25) is 0 Å². The molecule has 0 spiro atoms. The summed E-state index contributed by atoms with van der Waals surface area (Å²) < 4.78 is 12.8. The molecular weight excluding hydrogens is 1080 g/mol. The summed E-state index contributed by atoms with van der Waals surface area (Å²) in [6, 6.07) is 15.1. The number of fused-ring (bicyclic) bond motifs is 1. The molecular formula is C56H74N14O9S2. The van der Waals surface area contributed by atoms with Crippen LogP contribution in [0.25, 0.3) is 11.4 Å². The Morgan fingerprint density at radius 3 is 2.46 bits per heavy atom. The first-order valence-corrected chi connectivity index (χ1v) is 30.1. The number of anilines is 2. The van der Waals surface area contributed by atoms with E-state index >= 15 is 0 Å². The van der Waals surface area contributed by atoms with E-state index in [4.69, 9.17) is 9.47 Å². The molecule has 4 fully saturated rings. The molecule has 81 heavy (non-hydrogen) atoms. The van der Waals surface area contributed by atoms with Crippen molar-refractivity contribution in [3.63, 3.8) is 0 Å². The number of methoxy groups -OCH3 is 1. The van der Waals surface area contributed by atoms with Crippen LogP contribution in [0.1, 0.15) is 88.1 Å². The predicted octanol–water partition coefficient (Wildman–Crippen LogP) is 3.18. The fourth-order valence-electron chi connectivity index (χ4n) is 11.0. The number of aryl methyl sites for hydroxylation is 1. The Morgan fingerprint density at radius 1 is 0.926 bits per heavy atom. The molecule has 9 rings (SSSR count). The normalized spacial score (nSPS) is 22.6. The summed E-state index contributed by atoms with van der Waals surface area (Å²) in [6.07, 6.45) is 6.24. The number of amides is 6. The van der Waals surface area contributed by atoms with Crippen LogP contribution < -0.4 is 46.9 Å². The number of hydrogen-bond acceptors (Lipinski definition) is 19. The SMILES string of the molecule is CCOC(=O)C1CNC(NC2CCC(C(=O)N[C@@H](CCNC(=O)CCC(C)(C)SSc3ccccn3)C(=O)N3CCN(c4ccc5c(c4)CN(C4CCC(=O)NC4=O)C5=O)CC3)CN2)CC1Nc1cccc(-c2ncn(C)n2)c1OC. The van der Waals surface area contributed by atoms with Crippen LogP contribution in [0.3, 0.4) is 0 Å². The van der Waals surface area contributed by atoms with Crippen molar-refractivity contribution in [2.24, 2.45) is 18.9 Å². The molecule has 0 radical (unpaired) electrons. The summed E-state index contributed by atoms with van der Waals surface area (Å²) >= 11 is 0. The molecule has 0 bridgehead atoms. The van der Waals surface area contributed by atoms with Crippen LogP contribution in [0, 0.1) is 11.8 Å². The van der Waals surface area contributed by atoms with E-state index in [1.807, 2.05) is 48.5 Å². The number of nitrogens with one attached hydrogen (secondary N) is 7. The van der Waals surface area contributed by atoms with Crippen LogP contribution >= 0.6 is 21.6 Å². The van der Waals surface area contributed by atoms with Gasteiger partial charge in [-0.2, -0.15) is 5.10 Å². The molecule has 4 saturated heterocycles. The Kier molecular flexibility index (Phi) is 19.5. The Balaban J connectivity index is 0.801. The molecule has 2 aromatic heterocycles. The number of ether oxygens (including phenoxy) is 2. The lowest BCUT2D eigenvalue weighted by atomic mass is 9.90. The van der Waals surface area contributed by atoms with Gasteiger partial charge < -0.3 is 50.8 Å². The zero-order chi connectivity index (χ0) is 57.2. The Labute approximate surface area is 479 Å². The van der Waals surface area contributed by atoms with Crippen molar-refractivity contribution in [2.45, 2.75) is 119 Å². The highest BCUT2D eigenvalue weighted by molar-refractivity contribution is 8.77. The van der Waals surface area contributed by atoms with E-state index < -0.39 is 29.8 Å². The van der Waals surface area contributed by atoms with Crippen LogP contribution in [-0.2, 0) is 47.1 Å². The second kappa shape index (κ2) is 26.9. The molecule has 0 saturated carbocycles. The second-order valence-electron chi connectivity index (χ2n) is 21.7. The fraction of sp³-hybridized carbons (Fsp3) is 0.536. The summed E-state index contributed by atoms with van der Waals surface area (Å²) in [6.45, 7) is 9.15. The maximum atomic E-state index is 14.5. The summed E-state index contributed by atoms with van der Waals surface area (Å²) in [5.74, 6) is -1.82. The van der Waals surface area contributed by atoms with Gasteiger partial charge in [-0.15, -0.1) is 0 Å². The van der Waals surface area contributed by atoms with Crippen molar-refractivity contribution in [1.82, 2.24) is 61.4 Å². The third-order valence-electron chi connectivity index (χ3n) is 15.5. The van der Waals surface area contributed by atoms with Crippen molar-refractivity contribution in [3.05, 3.63) is 78.2 Å². The summed E-state index contributed by atoms with van der Waals surface area (Å²) in [5, 5.41) is 28.1. The number of imide groups is 1. The predicted molar refractivity (Wildman–Crippen MR) is 306 cm³/mol. The van der Waals surface area contributed by atoms with Gasteiger partial charge in [-0.25, -0.2) is 9.97 Å². The van der Waals surface area contributed by atoms with Gasteiger partial charge in [-0.05, 0) is 118 Å². The highest BCUT2D eigenvalue weighted by Crippen LogP contribution is 2.42. The number of carbonyl (C=O) groups excluding carboxylic acids is 7. The molecule has 6 unspecified atom stereocenters. The molecule has 2 aromatic carbocycles. The fourth-order valence-corrected chi connectivity index (χ4v) is 13.2. The molecule has 7 atom stereocenters. The summed E-state index contributed by atoms with van der Waals surface area (Å²) in [4.78, 5) is 107. The van der Waals surface area contributed by atoms with E-state index in [1.165, 1.54) is 4.90 Å². The Bertz CT molecular complexity index is 2920. The van der Waals surface area contributed by atoms with Crippen LogP contribution in [0.5, 0.6) is 5.75 Å². The molecule has 5 aliphatic rings. The number of esters is 1. The van der Waals surface area contributed by atoms with Gasteiger partial charge in [-0.3, -0.25) is 48.9 Å². The first kappa shape index (κ1) is 58.8. The topological polar surface area (TPSA) is 275 Å². The maximum absolute atomic E-state index is 14.5. The Hall–Kier alpha value is -6.80. The van der Waals surface area contributed by atoms with Gasteiger partial charge in [0.15, 0.2) is 11.6 Å². The average Bonchev–Trinajstić information content (AvgIpc) is 4.29. The van der Waals surface area contributed by atoms with Crippen molar-refractivity contribution in [2.75, 3.05) is 69.7 Å². The van der Waals surface area contributed by atoms with Crippen molar-refractivity contribution in [1.29, 1.82) is 0 Å². The number of aromatic nitrogens is 4. The van der Waals surface area contributed by atoms with E-state index in [-0.39, 0.29) is 104 Å². The average molecular weight is 1150 g/mol. The monoisotopic (exact) mass is 1150 g/mol. The van der Waals surface area contributed by atoms with Gasteiger partial charge in [0, 0.05) is 100 Å². The standard InChI is InChI=1S/C56H74N14O9S2/c1-6-79-55(77)39-31-60-45(29-42(39)62-40-11-9-10-38(49(40)78-5)50-61-33-67(4)66-50)64-44-17-13-34(30-59-44)51(73)63-41(20-23-57-46(71)19-21-56(2,3)81-80-48-12-7-8-22-58-48)54(76)69-26-24-68(25-27-69)36-14-15-37-35(28-36)32-70(53(37)75)43-16-18-47(72)65-52(43)74/h7-12,14-15,22,28,33-34,39,41-45,59-60,62,64H,6,13,16-21,23-27,29-32H2,1-5H3,(H,57,71)(H,63,73)(H,65,72,74)/t34?,39?,41-,42?,43?,44?,45?/m0/s1. The molecule has 7 N–H and O–H groups in total. The van der Waals surface area contributed by atoms with Gasteiger partial charge in [-0.1, -0.05) is 22.9 Å². The number of piperidine rings is 3. The van der Waals surface area contributed by atoms with Crippen LogP contribution in [0.15, 0.2) is 72.1 Å². The second-order valence-corrected chi connectivity index (χ2v) is 24.5. The molecule has 0 aliphatic carbocycles. The van der Waals surface area contributed by atoms with Crippen molar-refractivity contribution >= 4 is 74.4 Å². The number of para-hydroxylation sites is 1. The van der Waals surface area contributed by atoms with E-state index in [0.717, 1.165) is 16.3 Å². The maximum Gasteiger partial charge on any atom is 0.312 e. The minimum atomic E-state index is -0.894. The number of hydrogen-bond donors (Lipinski definition) is 7. The van der Waals surface area contributed by atoms with E-state index in [2.05, 4.69) is 71.0 Å². The lowest BCUT2D eigenvalue weighted by molar-refractivity contribution is -0.149. The van der Waals surface area contributed by atoms with Gasteiger partial charge in [0.25, 0.3) is 5.91 Å². The van der Waals surface area contributed by atoms with Gasteiger partial charge in [0.05, 0.1) is 49.1 Å². The largest absolute Gasteiger partial charge is 0.494 e. The van der Waals surface area contributed by atoms with Gasteiger partial charge in [0.1, 0.15) is 23.4 Å². The molecule has 4 aromatic rings. The highest BCUT2D eigenvalue weighted by atomic mass is 33.1. The molecule has 25 heteroatoms. The number of piperazine rings is 1. The van der Waals surface area contributed by atoms with Gasteiger partial charge >= 0.3 is 5.97 Å². The third kappa shape index (κ3) is 14.8. The summed E-state index contributed by atoms with van der Waals surface area (Å²) in [7, 11) is 6.62. The van der Waals surface area contributed by atoms with Crippen LogP contribution in [0.4, 0.5) is 11.4 Å². The quantitative estimate of drug-likeness (QED) is 0.0338. The Morgan fingerprint density at radius 2 is 1.74 bits per heavy atom. The van der Waals surface area contributed by atoms with E-state index in [1.54, 1.807) is 70.8 Å². The van der Waals surface area contributed by atoms with Gasteiger partial charge in [0.2, 0.25) is 29.5 Å². The molecule has 434 valence electrons. The van der Waals surface area contributed by atoms with E-state index in [0.29, 0.717) is 93.3 Å². The van der Waals surface area contributed by atoms with Crippen molar-refractivity contribution < 1.29 is 43.0 Å². The van der Waals surface area contributed by atoms with Crippen LogP contribution in [-0.4, -0.2) is 166 Å². The third-order valence-corrected chi connectivity index (χ3v) is 18.8. The lowest BCUT2D eigenvalue weighted by Gasteiger charge is -2.40. The zero-order valence-corrected chi connectivity index (χ0v) is 48.2. The number of rotatable bonds is 22. The highest BCUT2D eigenvalue weighted by Gasteiger charge is 2.41. The van der Waals surface area contributed by atoms with E-state index in [9.17, 15) is 33.6 Å². The molecule has 5 aliphatic heterocycles. The first-order valence-electron chi connectivity index (χ1n) is 27.9. The number of carbonyl (C=O) groups is 7. The van der Waals surface area contributed by atoms with Crippen molar-refractivity contribution in [3.8, 4) is 17.1 Å². The molecule has 23 nitrogen and oxygen atoms in total. The number of benzene rings is 2.